The molecule has 0 N–H and O–H groups in total. The Balaban J connectivity index is 1.84. The van der Waals surface area contributed by atoms with E-state index in [-0.39, 0.29) is 11.2 Å². The Morgan fingerprint density at radius 1 is 1.04 bits per heavy atom. The minimum atomic E-state index is -0.206. The zero-order valence-corrected chi connectivity index (χ0v) is 13.5. The summed E-state index contributed by atoms with van der Waals surface area (Å²) in [6.45, 7) is 0.484. The zero-order chi connectivity index (χ0) is 16.1. The molecule has 24 heavy (non-hydrogen) atoms. The first kappa shape index (κ1) is 13.8. The fourth-order valence-corrected chi connectivity index (χ4v) is 4.18. The van der Waals surface area contributed by atoms with Gasteiger partial charge in [-0.15, -0.1) is 0 Å². The summed E-state index contributed by atoms with van der Waals surface area (Å²) in [6, 6.07) is 16.0. The summed E-state index contributed by atoms with van der Waals surface area (Å²) < 4.78 is 7.14. The van der Waals surface area contributed by atoms with Crippen molar-refractivity contribution in [1.82, 2.24) is 14.4 Å². The minimum Gasteiger partial charge on any atom is -0.465 e. The lowest BCUT2D eigenvalue weighted by molar-refractivity contribution is -0.137. The second kappa shape index (κ2) is 5.21. The second-order valence-electron chi connectivity index (χ2n) is 5.73. The van der Waals surface area contributed by atoms with Gasteiger partial charge in [0.05, 0.1) is 23.2 Å². The second-order valence-corrected chi connectivity index (χ2v) is 6.90. The molecule has 1 aliphatic heterocycles. The maximum Gasteiger partial charge on any atom is 0.319 e. The van der Waals surface area contributed by atoms with Crippen LogP contribution in [-0.4, -0.2) is 32.2 Å². The van der Waals surface area contributed by atoms with Crippen LogP contribution < -0.4 is 0 Å². The normalized spacial score (nSPS) is 17.8. The Bertz CT molecular complexity index is 1110. The average Bonchev–Trinajstić information content (AvgIpc) is 3.19. The fourth-order valence-electron chi connectivity index (χ4n) is 3.10. The van der Waals surface area contributed by atoms with Gasteiger partial charge < -0.3 is 4.74 Å². The molecule has 118 valence electrons. The van der Waals surface area contributed by atoms with Crippen molar-refractivity contribution in [3.05, 3.63) is 48.5 Å². The molecule has 1 fully saturated rings. The number of rotatable bonds is 2. The molecule has 0 amide bonds. The van der Waals surface area contributed by atoms with Crippen molar-refractivity contribution >= 4 is 45.3 Å². The van der Waals surface area contributed by atoms with Gasteiger partial charge in [-0.25, -0.2) is 9.97 Å². The maximum absolute atomic E-state index is 11.9. The third-order valence-electron chi connectivity index (χ3n) is 4.25. The van der Waals surface area contributed by atoms with E-state index in [1.807, 2.05) is 52.9 Å². The molecule has 0 unspecified atom stereocenters. The molecule has 5 rings (SSSR count). The van der Waals surface area contributed by atoms with E-state index in [2.05, 4.69) is 0 Å². The molecule has 0 bridgehead atoms. The molecule has 1 saturated heterocycles. The number of fused-ring (bicyclic) bond motifs is 5. The third-order valence-corrected chi connectivity index (χ3v) is 5.45. The van der Waals surface area contributed by atoms with Crippen molar-refractivity contribution in [1.29, 1.82) is 0 Å². The largest absolute Gasteiger partial charge is 0.465 e. The number of ether oxygens (including phenoxy) is 1. The van der Waals surface area contributed by atoms with Gasteiger partial charge in [0, 0.05) is 11.8 Å². The first-order valence-corrected chi connectivity index (χ1v) is 8.68. The summed E-state index contributed by atoms with van der Waals surface area (Å²) in [4.78, 5) is 21.5. The van der Waals surface area contributed by atoms with Gasteiger partial charge in [0.1, 0.15) is 10.9 Å². The molecule has 1 aliphatic rings. The summed E-state index contributed by atoms with van der Waals surface area (Å²) in [7, 11) is 0. The number of aromatic nitrogens is 3. The Hall–Kier alpha value is -2.60. The van der Waals surface area contributed by atoms with Gasteiger partial charge in [0.15, 0.2) is 5.16 Å². The standard InChI is InChI=1S/C18H13N3O2S/c22-17-15(9-10-23-17)24-18-20-12-6-2-1-5-11(12)16-19-13-7-3-4-8-14(13)21(16)18/h1-8,15H,9-10H2/t15-/m1/s1. The predicted octanol–water partition coefficient (Wildman–Crippen LogP) is 3.44. The van der Waals surface area contributed by atoms with Crippen LogP contribution in [0.5, 0.6) is 0 Å². The Kier molecular flexibility index (Phi) is 2.99. The molecular formula is C18H13N3O2S. The molecule has 0 spiro atoms. The molecule has 0 aliphatic carbocycles. The molecule has 6 heteroatoms. The van der Waals surface area contributed by atoms with E-state index in [4.69, 9.17) is 14.7 Å². The van der Waals surface area contributed by atoms with Crippen LogP contribution in [0.1, 0.15) is 6.42 Å². The highest BCUT2D eigenvalue weighted by atomic mass is 32.2. The van der Waals surface area contributed by atoms with Crippen LogP contribution in [-0.2, 0) is 9.53 Å². The fraction of sp³-hybridized carbons (Fsp3) is 0.167. The lowest BCUT2D eigenvalue weighted by Crippen LogP contribution is -2.11. The molecule has 3 heterocycles. The van der Waals surface area contributed by atoms with Gasteiger partial charge in [0.2, 0.25) is 0 Å². The highest BCUT2D eigenvalue weighted by molar-refractivity contribution is 8.00. The summed E-state index contributed by atoms with van der Waals surface area (Å²) in [5, 5.41) is 1.58. The molecule has 0 saturated carbocycles. The number of carbonyl (C=O) groups excluding carboxylic acids is 1. The first-order valence-electron chi connectivity index (χ1n) is 7.80. The van der Waals surface area contributed by atoms with Crippen LogP contribution in [0.4, 0.5) is 0 Å². The highest BCUT2D eigenvalue weighted by Gasteiger charge is 2.29. The number of thioether (sulfide) groups is 1. The van der Waals surface area contributed by atoms with E-state index >= 15 is 0 Å². The predicted molar refractivity (Wildman–Crippen MR) is 93.2 cm³/mol. The van der Waals surface area contributed by atoms with Crippen molar-refractivity contribution in [3.63, 3.8) is 0 Å². The van der Waals surface area contributed by atoms with Crippen molar-refractivity contribution < 1.29 is 9.53 Å². The Morgan fingerprint density at radius 3 is 2.67 bits per heavy atom. The Labute approximate surface area is 141 Å². The van der Waals surface area contributed by atoms with Gasteiger partial charge in [0.25, 0.3) is 0 Å². The van der Waals surface area contributed by atoms with Gasteiger partial charge in [-0.3, -0.25) is 9.20 Å². The van der Waals surface area contributed by atoms with Gasteiger partial charge >= 0.3 is 5.97 Å². The number of cyclic esters (lactones) is 1. The summed E-state index contributed by atoms with van der Waals surface area (Å²) >= 11 is 1.46. The van der Waals surface area contributed by atoms with E-state index in [0.717, 1.165) is 32.7 Å². The molecular weight excluding hydrogens is 322 g/mol. The van der Waals surface area contributed by atoms with E-state index < -0.39 is 0 Å². The Morgan fingerprint density at radius 2 is 1.83 bits per heavy atom. The highest BCUT2D eigenvalue weighted by Crippen LogP contribution is 2.33. The number of carbonyl (C=O) groups is 1. The van der Waals surface area contributed by atoms with Gasteiger partial charge in [-0.1, -0.05) is 36.0 Å². The molecule has 5 nitrogen and oxygen atoms in total. The smallest absolute Gasteiger partial charge is 0.319 e. The molecule has 2 aromatic carbocycles. The molecule has 0 radical (unpaired) electrons. The zero-order valence-electron chi connectivity index (χ0n) is 12.7. The molecule has 2 aromatic heterocycles. The quantitative estimate of drug-likeness (QED) is 0.415. The van der Waals surface area contributed by atoms with Crippen molar-refractivity contribution in [2.75, 3.05) is 6.61 Å². The van der Waals surface area contributed by atoms with E-state index in [1.165, 1.54) is 11.8 Å². The van der Waals surface area contributed by atoms with Crippen molar-refractivity contribution in [3.8, 4) is 0 Å². The van der Waals surface area contributed by atoms with E-state index in [0.29, 0.717) is 13.0 Å². The number of nitrogens with zero attached hydrogens (tertiary/aromatic N) is 3. The van der Waals surface area contributed by atoms with Crippen LogP contribution in [0.2, 0.25) is 0 Å². The van der Waals surface area contributed by atoms with Crippen molar-refractivity contribution in [2.24, 2.45) is 0 Å². The van der Waals surface area contributed by atoms with Crippen LogP contribution in [0.15, 0.2) is 53.7 Å². The summed E-state index contributed by atoms with van der Waals surface area (Å²) in [5.74, 6) is -0.160. The number of para-hydroxylation sites is 3. The number of hydrogen-bond donors (Lipinski definition) is 0. The monoisotopic (exact) mass is 335 g/mol. The lowest BCUT2D eigenvalue weighted by Gasteiger charge is -2.10. The number of esters is 1. The number of hydrogen-bond acceptors (Lipinski definition) is 5. The summed E-state index contributed by atoms with van der Waals surface area (Å²) in [5.41, 5.74) is 3.68. The molecule has 1 atom stereocenters. The van der Waals surface area contributed by atoms with Crippen LogP contribution in [0.25, 0.3) is 27.6 Å². The first-order chi connectivity index (χ1) is 11.8. The van der Waals surface area contributed by atoms with E-state index in [9.17, 15) is 4.79 Å². The minimum absolute atomic E-state index is 0.160. The van der Waals surface area contributed by atoms with Crippen molar-refractivity contribution in [2.45, 2.75) is 16.8 Å². The summed E-state index contributed by atoms with van der Waals surface area (Å²) in [6.07, 6.45) is 0.714. The van der Waals surface area contributed by atoms with Crippen LogP contribution in [0.3, 0.4) is 0 Å². The van der Waals surface area contributed by atoms with Crippen LogP contribution in [0, 0.1) is 0 Å². The van der Waals surface area contributed by atoms with Gasteiger partial charge in [-0.2, -0.15) is 0 Å². The SMILES string of the molecule is O=C1OCC[C@H]1Sc1nc2ccccc2c2nc3ccccc3n12. The van der Waals surface area contributed by atoms with E-state index in [1.54, 1.807) is 0 Å². The average molecular weight is 335 g/mol. The number of benzene rings is 2. The lowest BCUT2D eigenvalue weighted by atomic mass is 10.2. The topological polar surface area (TPSA) is 56.5 Å². The number of imidazole rings is 1. The van der Waals surface area contributed by atoms with Crippen LogP contribution >= 0.6 is 11.8 Å². The third kappa shape index (κ3) is 1.99. The molecule has 4 aromatic rings. The maximum atomic E-state index is 11.9. The van der Waals surface area contributed by atoms with Gasteiger partial charge in [-0.05, 0) is 24.3 Å².